The van der Waals surface area contributed by atoms with Crippen molar-refractivity contribution in [3.63, 3.8) is 0 Å². The molecular weight excluding hydrogens is 335 g/mol. The fourth-order valence-corrected chi connectivity index (χ4v) is 3.42. The van der Waals surface area contributed by atoms with Gasteiger partial charge in [0.05, 0.1) is 7.11 Å². The smallest absolute Gasteiger partial charge is 0.270 e. The lowest BCUT2D eigenvalue weighted by Crippen LogP contribution is -2.40. The van der Waals surface area contributed by atoms with Crippen LogP contribution in [0, 0.1) is 11.7 Å². The second-order valence-corrected chi connectivity index (χ2v) is 6.70. The number of aromatic amines is 1. The standard InChI is InChI=1S/C20H23FN2O3/c1-26-19-12-22-17(11-18(19)24)20(25)23-10-2-3-15(13-23)5-4-14-6-8-16(21)9-7-14/h6-9,11-12,15H,2-5,10,13H2,1H3,(H,22,24)/t15-/m0/s1. The number of hydrogen-bond acceptors (Lipinski definition) is 3. The number of carbonyl (C=O) groups excluding carboxylic acids is 1. The fourth-order valence-electron chi connectivity index (χ4n) is 3.42. The number of nitrogens with zero attached hydrogens (tertiary/aromatic N) is 1. The number of aromatic nitrogens is 1. The number of nitrogens with one attached hydrogen (secondary N) is 1. The predicted molar refractivity (Wildman–Crippen MR) is 97.0 cm³/mol. The monoisotopic (exact) mass is 358 g/mol. The van der Waals surface area contributed by atoms with Gasteiger partial charge in [-0.1, -0.05) is 12.1 Å². The Morgan fingerprint density at radius 1 is 1.35 bits per heavy atom. The van der Waals surface area contributed by atoms with Crippen LogP contribution in [0.15, 0.2) is 41.3 Å². The topological polar surface area (TPSA) is 62.4 Å². The summed E-state index contributed by atoms with van der Waals surface area (Å²) in [7, 11) is 1.42. The summed E-state index contributed by atoms with van der Waals surface area (Å²) in [6.07, 6.45) is 5.26. The molecule has 0 saturated carbocycles. The molecule has 1 fully saturated rings. The number of hydrogen-bond donors (Lipinski definition) is 1. The third-order valence-corrected chi connectivity index (χ3v) is 4.89. The van der Waals surface area contributed by atoms with Gasteiger partial charge in [-0.3, -0.25) is 9.59 Å². The number of amides is 1. The number of pyridine rings is 1. The summed E-state index contributed by atoms with van der Waals surface area (Å²) in [6, 6.07) is 7.87. The second-order valence-electron chi connectivity index (χ2n) is 6.70. The van der Waals surface area contributed by atoms with E-state index in [2.05, 4.69) is 4.98 Å². The summed E-state index contributed by atoms with van der Waals surface area (Å²) in [6.45, 7) is 1.37. The number of methoxy groups -OCH3 is 1. The number of halogens is 1. The zero-order valence-electron chi connectivity index (χ0n) is 14.8. The van der Waals surface area contributed by atoms with Gasteiger partial charge in [0, 0.05) is 25.4 Å². The van der Waals surface area contributed by atoms with Crippen molar-refractivity contribution in [1.29, 1.82) is 0 Å². The highest BCUT2D eigenvalue weighted by atomic mass is 19.1. The number of aryl methyl sites for hydroxylation is 1. The van der Waals surface area contributed by atoms with Crippen molar-refractivity contribution in [2.45, 2.75) is 25.7 Å². The molecule has 1 aromatic carbocycles. The first kappa shape index (κ1) is 18.2. The van der Waals surface area contributed by atoms with Crippen LogP contribution >= 0.6 is 0 Å². The normalized spacial score (nSPS) is 17.2. The zero-order valence-corrected chi connectivity index (χ0v) is 14.8. The van der Waals surface area contributed by atoms with Crippen molar-refractivity contribution in [1.82, 2.24) is 9.88 Å². The summed E-state index contributed by atoms with van der Waals surface area (Å²) >= 11 is 0. The first-order valence-electron chi connectivity index (χ1n) is 8.87. The Morgan fingerprint density at radius 2 is 2.12 bits per heavy atom. The van der Waals surface area contributed by atoms with Crippen molar-refractivity contribution < 1.29 is 13.9 Å². The molecule has 26 heavy (non-hydrogen) atoms. The molecule has 0 bridgehead atoms. The lowest BCUT2D eigenvalue weighted by atomic mass is 9.91. The molecule has 0 aliphatic carbocycles. The van der Waals surface area contributed by atoms with Crippen molar-refractivity contribution >= 4 is 5.91 Å². The number of ether oxygens (including phenoxy) is 1. The van der Waals surface area contributed by atoms with Gasteiger partial charge in [0.1, 0.15) is 11.5 Å². The molecular formula is C20H23FN2O3. The van der Waals surface area contributed by atoms with Crippen molar-refractivity contribution in [2.24, 2.45) is 5.92 Å². The molecule has 6 heteroatoms. The SMILES string of the molecule is COc1c[nH]c(C(=O)N2CCC[C@@H](CCc3ccc(F)cc3)C2)cc1=O. The largest absolute Gasteiger partial charge is 0.491 e. The molecule has 0 unspecified atom stereocenters. The third kappa shape index (κ3) is 4.31. The molecule has 1 aliphatic heterocycles. The number of carbonyl (C=O) groups is 1. The molecule has 1 aliphatic rings. The minimum atomic E-state index is -0.306. The average Bonchev–Trinajstić information content (AvgIpc) is 2.67. The number of benzene rings is 1. The maximum Gasteiger partial charge on any atom is 0.270 e. The molecule has 5 nitrogen and oxygen atoms in total. The molecule has 0 radical (unpaired) electrons. The van der Waals surface area contributed by atoms with Gasteiger partial charge in [0.2, 0.25) is 5.43 Å². The Morgan fingerprint density at radius 3 is 2.81 bits per heavy atom. The van der Waals surface area contributed by atoms with Crippen LogP contribution in [0.3, 0.4) is 0 Å². The van der Waals surface area contributed by atoms with Gasteiger partial charge in [-0.05, 0) is 49.3 Å². The molecule has 1 atom stereocenters. The van der Waals surface area contributed by atoms with E-state index in [4.69, 9.17) is 4.74 Å². The van der Waals surface area contributed by atoms with Gasteiger partial charge >= 0.3 is 0 Å². The van der Waals surface area contributed by atoms with Crippen LogP contribution < -0.4 is 10.2 Å². The highest BCUT2D eigenvalue weighted by Gasteiger charge is 2.25. The van der Waals surface area contributed by atoms with Crippen molar-refractivity contribution in [3.8, 4) is 5.75 Å². The van der Waals surface area contributed by atoms with Crippen LogP contribution in [0.25, 0.3) is 0 Å². The first-order valence-corrected chi connectivity index (χ1v) is 8.87. The molecule has 1 saturated heterocycles. The van der Waals surface area contributed by atoms with Gasteiger partial charge in [-0.2, -0.15) is 0 Å². The number of rotatable bonds is 5. The van der Waals surface area contributed by atoms with Crippen LogP contribution in [0.1, 0.15) is 35.3 Å². The van der Waals surface area contributed by atoms with Gasteiger partial charge in [-0.25, -0.2) is 4.39 Å². The minimum Gasteiger partial charge on any atom is -0.491 e. The Kier molecular flexibility index (Phi) is 5.71. The van der Waals surface area contributed by atoms with E-state index in [1.165, 1.54) is 31.5 Å². The first-order chi connectivity index (χ1) is 12.6. The van der Waals surface area contributed by atoms with E-state index in [0.29, 0.717) is 19.0 Å². The van der Waals surface area contributed by atoms with Crippen LogP contribution in [-0.4, -0.2) is 36.0 Å². The number of H-pyrrole nitrogens is 1. The minimum absolute atomic E-state index is 0.156. The van der Waals surface area contributed by atoms with Crippen LogP contribution in [0.4, 0.5) is 4.39 Å². The average molecular weight is 358 g/mol. The van der Waals surface area contributed by atoms with E-state index in [0.717, 1.165) is 31.2 Å². The molecule has 138 valence electrons. The number of likely N-dealkylation sites (tertiary alicyclic amines) is 1. The fraction of sp³-hybridized carbons (Fsp3) is 0.400. The van der Waals surface area contributed by atoms with Gasteiger partial charge in [0.25, 0.3) is 5.91 Å². The van der Waals surface area contributed by atoms with Crippen molar-refractivity contribution in [3.05, 3.63) is 63.8 Å². The Labute approximate surface area is 151 Å². The van der Waals surface area contributed by atoms with Crippen LogP contribution in [0.5, 0.6) is 5.75 Å². The Hall–Kier alpha value is -2.63. The number of piperidine rings is 1. The molecule has 1 aromatic heterocycles. The molecule has 3 rings (SSSR count). The maximum atomic E-state index is 13.0. The molecule has 2 aromatic rings. The van der Waals surface area contributed by atoms with E-state index in [9.17, 15) is 14.0 Å². The third-order valence-electron chi connectivity index (χ3n) is 4.89. The zero-order chi connectivity index (χ0) is 18.5. The predicted octanol–water partition coefficient (Wildman–Crippen LogP) is 3.01. The lowest BCUT2D eigenvalue weighted by molar-refractivity contribution is 0.0662. The van der Waals surface area contributed by atoms with Gasteiger partial charge in [0.15, 0.2) is 5.75 Å². The summed E-state index contributed by atoms with van der Waals surface area (Å²) in [5.41, 5.74) is 1.09. The van der Waals surface area contributed by atoms with E-state index in [1.54, 1.807) is 4.90 Å². The Bertz CT molecular complexity index is 817. The van der Waals surface area contributed by atoms with E-state index in [1.807, 2.05) is 12.1 Å². The summed E-state index contributed by atoms with van der Waals surface area (Å²) in [5.74, 6) is 0.216. The summed E-state index contributed by atoms with van der Waals surface area (Å²) in [4.78, 5) is 29.2. The van der Waals surface area contributed by atoms with Gasteiger partial charge < -0.3 is 14.6 Å². The van der Waals surface area contributed by atoms with Crippen LogP contribution in [-0.2, 0) is 6.42 Å². The molecule has 1 amide bonds. The maximum absolute atomic E-state index is 13.0. The van der Waals surface area contributed by atoms with E-state index >= 15 is 0 Å². The quantitative estimate of drug-likeness (QED) is 0.894. The molecule has 0 spiro atoms. The Balaban J connectivity index is 1.60. The molecule has 2 heterocycles. The van der Waals surface area contributed by atoms with Crippen LogP contribution in [0.2, 0.25) is 0 Å². The summed E-state index contributed by atoms with van der Waals surface area (Å²) < 4.78 is 17.9. The van der Waals surface area contributed by atoms with Crippen molar-refractivity contribution in [2.75, 3.05) is 20.2 Å². The van der Waals surface area contributed by atoms with E-state index in [-0.39, 0.29) is 28.6 Å². The summed E-state index contributed by atoms with van der Waals surface area (Å²) in [5, 5.41) is 0. The highest BCUT2D eigenvalue weighted by Crippen LogP contribution is 2.23. The highest BCUT2D eigenvalue weighted by molar-refractivity contribution is 5.92. The second kappa shape index (κ2) is 8.17. The van der Waals surface area contributed by atoms with E-state index < -0.39 is 0 Å². The lowest BCUT2D eigenvalue weighted by Gasteiger charge is -2.32. The van der Waals surface area contributed by atoms with Gasteiger partial charge in [-0.15, -0.1) is 0 Å². The molecule has 1 N–H and O–H groups in total.